The SMILES string of the molecule is CNC(=O)[C@@H](Cc1ccccc1)N(Cc1cccc(Cl)c1)C(=O)CN(c1ccc(OC)c(OC)c1)S(=O)(=O)c1ccc(C)cc1. The Morgan fingerprint density at radius 2 is 1.51 bits per heavy atom. The van der Waals surface area contributed by atoms with Crippen molar-refractivity contribution >= 4 is 39.1 Å². The van der Waals surface area contributed by atoms with E-state index in [9.17, 15) is 18.0 Å². The molecule has 0 aliphatic heterocycles. The second kappa shape index (κ2) is 15.0. The molecule has 9 nitrogen and oxygen atoms in total. The Balaban J connectivity index is 1.83. The molecule has 0 aliphatic carbocycles. The van der Waals surface area contributed by atoms with Crippen LogP contribution < -0.4 is 19.1 Å². The molecule has 0 heterocycles. The van der Waals surface area contributed by atoms with Gasteiger partial charge in [0, 0.05) is 31.1 Å². The molecule has 236 valence electrons. The largest absolute Gasteiger partial charge is 0.493 e. The summed E-state index contributed by atoms with van der Waals surface area (Å²) < 4.78 is 40.2. The predicted octanol–water partition coefficient (Wildman–Crippen LogP) is 5.25. The number of rotatable bonds is 13. The molecule has 45 heavy (non-hydrogen) atoms. The second-order valence-electron chi connectivity index (χ2n) is 10.3. The molecule has 0 spiro atoms. The molecular weight excluding hydrogens is 614 g/mol. The minimum Gasteiger partial charge on any atom is -0.493 e. The summed E-state index contributed by atoms with van der Waals surface area (Å²) in [5, 5.41) is 3.14. The average molecular weight is 650 g/mol. The van der Waals surface area contributed by atoms with Crippen LogP contribution in [0.25, 0.3) is 0 Å². The number of nitrogens with one attached hydrogen (secondary N) is 1. The highest BCUT2D eigenvalue weighted by molar-refractivity contribution is 7.92. The van der Waals surface area contributed by atoms with Crippen molar-refractivity contribution in [1.82, 2.24) is 10.2 Å². The Morgan fingerprint density at radius 3 is 2.13 bits per heavy atom. The normalized spacial score (nSPS) is 11.8. The third-order valence-electron chi connectivity index (χ3n) is 7.30. The minimum absolute atomic E-state index is 0.00390. The first kappa shape index (κ1) is 33.4. The molecule has 0 fully saturated rings. The number of carbonyl (C=O) groups excluding carboxylic acids is 2. The van der Waals surface area contributed by atoms with E-state index >= 15 is 0 Å². The van der Waals surface area contributed by atoms with Crippen molar-refractivity contribution in [2.24, 2.45) is 0 Å². The summed E-state index contributed by atoms with van der Waals surface area (Å²) in [4.78, 5) is 29.2. The molecule has 0 bridgehead atoms. The highest BCUT2D eigenvalue weighted by Gasteiger charge is 2.34. The highest BCUT2D eigenvalue weighted by Crippen LogP contribution is 2.34. The van der Waals surface area contributed by atoms with E-state index in [0.29, 0.717) is 16.3 Å². The number of amides is 2. The highest BCUT2D eigenvalue weighted by atomic mass is 35.5. The fourth-order valence-electron chi connectivity index (χ4n) is 4.90. The first-order chi connectivity index (χ1) is 21.6. The summed E-state index contributed by atoms with van der Waals surface area (Å²) in [6.45, 7) is 1.26. The second-order valence-corrected chi connectivity index (χ2v) is 12.6. The minimum atomic E-state index is -4.27. The number of halogens is 1. The Kier molecular flexibility index (Phi) is 11.1. The zero-order valence-electron chi connectivity index (χ0n) is 25.6. The Bertz CT molecular complexity index is 1730. The maximum Gasteiger partial charge on any atom is 0.264 e. The van der Waals surface area contributed by atoms with E-state index in [-0.39, 0.29) is 29.3 Å². The van der Waals surface area contributed by atoms with Gasteiger partial charge < -0.3 is 19.7 Å². The fourth-order valence-corrected chi connectivity index (χ4v) is 6.52. The smallest absolute Gasteiger partial charge is 0.264 e. The molecule has 0 aliphatic rings. The summed E-state index contributed by atoms with van der Waals surface area (Å²) >= 11 is 6.27. The van der Waals surface area contributed by atoms with E-state index in [2.05, 4.69) is 5.32 Å². The number of methoxy groups -OCH3 is 2. The summed E-state index contributed by atoms with van der Waals surface area (Å²) in [5.41, 5.74) is 2.57. The quantitative estimate of drug-likeness (QED) is 0.212. The van der Waals surface area contributed by atoms with Gasteiger partial charge in [-0.1, -0.05) is 71.8 Å². The number of carbonyl (C=O) groups is 2. The van der Waals surface area contributed by atoms with Crippen LogP contribution in [0.3, 0.4) is 0 Å². The zero-order chi connectivity index (χ0) is 32.6. The van der Waals surface area contributed by atoms with Crippen LogP contribution in [0, 0.1) is 6.92 Å². The van der Waals surface area contributed by atoms with Gasteiger partial charge >= 0.3 is 0 Å². The molecule has 1 N–H and O–H groups in total. The number of anilines is 1. The van der Waals surface area contributed by atoms with Gasteiger partial charge in [0.15, 0.2) is 11.5 Å². The van der Waals surface area contributed by atoms with Crippen molar-refractivity contribution in [1.29, 1.82) is 0 Å². The van der Waals surface area contributed by atoms with Crippen molar-refractivity contribution in [3.63, 3.8) is 0 Å². The zero-order valence-corrected chi connectivity index (χ0v) is 27.1. The van der Waals surface area contributed by atoms with Crippen molar-refractivity contribution in [3.05, 3.63) is 119 Å². The molecular formula is C34H36ClN3O6S. The van der Waals surface area contributed by atoms with Gasteiger partial charge in [0.05, 0.1) is 24.8 Å². The molecule has 4 rings (SSSR count). The number of aryl methyl sites for hydroxylation is 1. The van der Waals surface area contributed by atoms with Gasteiger partial charge in [-0.15, -0.1) is 0 Å². The van der Waals surface area contributed by atoms with Crippen LogP contribution in [0.2, 0.25) is 5.02 Å². The first-order valence-corrected chi connectivity index (χ1v) is 16.0. The molecule has 11 heteroatoms. The number of sulfonamides is 1. The number of hydrogen-bond acceptors (Lipinski definition) is 6. The van der Waals surface area contributed by atoms with E-state index in [1.54, 1.807) is 48.5 Å². The number of benzene rings is 4. The lowest BCUT2D eigenvalue weighted by Crippen LogP contribution is -2.53. The molecule has 1 atom stereocenters. The summed E-state index contributed by atoms with van der Waals surface area (Å²) in [6, 6.07) is 26.3. The molecule has 0 radical (unpaired) electrons. The van der Waals surface area contributed by atoms with Crippen molar-refractivity contribution < 1.29 is 27.5 Å². The number of ether oxygens (including phenoxy) is 2. The summed E-state index contributed by atoms with van der Waals surface area (Å²) in [5.74, 6) is -0.307. The van der Waals surface area contributed by atoms with E-state index in [4.69, 9.17) is 21.1 Å². The molecule has 0 aromatic heterocycles. The lowest BCUT2D eigenvalue weighted by Gasteiger charge is -2.33. The molecule has 0 saturated carbocycles. The molecule has 4 aromatic rings. The van der Waals surface area contributed by atoms with Crippen molar-refractivity contribution in [2.75, 3.05) is 32.1 Å². The lowest BCUT2D eigenvalue weighted by molar-refractivity contribution is -0.139. The Labute approximate surface area is 269 Å². The lowest BCUT2D eigenvalue weighted by atomic mass is 10.0. The maximum absolute atomic E-state index is 14.4. The molecule has 0 unspecified atom stereocenters. The first-order valence-electron chi connectivity index (χ1n) is 14.2. The van der Waals surface area contributed by atoms with E-state index in [1.807, 2.05) is 37.3 Å². The summed E-state index contributed by atoms with van der Waals surface area (Å²) in [7, 11) is 0.148. The van der Waals surface area contributed by atoms with Crippen LogP contribution in [0.1, 0.15) is 16.7 Å². The van der Waals surface area contributed by atoms with Crippen LogP contribution in [-0.4, -0.2) is 59.0 Å². The van der Waals surface area contributed by atoms with Gasteiger partial charge in [-0.2, -0.15) is 0 Å². The third-order valence-corrected chi connectivity index (χ3v) is 9.33. The van der Waals surface area contributed by atoms with Crippen molar-refractivity contribution in [2.45, 2.75) is 30.8 Å². The number of nitrogens with zero attached hydrogens (tertiary/aromatic N) is 2. The fraction of sp³-hybridized carbons (Fsp3) is 0.235. The maximum atomic E-state index is 14.4. The number of likely N-dealkylation sites (N-methyl/N-ethyl adjacent to an activating group) is 1. The van der Waals surface area contributed by atoms with Gasteiger partial charge in [0.1, 0.15) is 12.6 Å². The van der Waals surface area contributed by atoms with Gasteiger partial charge in [0.25, 0.3) is 10.0 Å². The van der Waals surface area contributed by atoms with E-state index < -0.39 is 34.4 Å². The van der Waals surface area contributed by atoms with Gasteiger partial charge in [-0.3, -0.25) is 13.9 Å². The molecule has 4 aromatic carbocycles. The third kappa shape index (κ3) is 8.14. The standard InChI is InChI=1S/C34H36ClN3O6S/c1-24-13-16-29(17-14-24)45(41,42)38(28-15-18-31(43-3)32(21-28)44-4)23-33(39)37(22-26-11-8-12-27(35)19-26)30(34(40)36-2)20-25-9-6-5-7-10-25/h5-19,21,30H,20,22-23H2,1-4H3,(H,36,40)/t30-/m1/s1. The average Bonchev–Trinajstić information content (AvgIpc) is 3.05. The number of hydrogen-bond donors (Lipinski definition) is 1. The van der Waals surface area contributed by atoms with E-state index in [1.165, 1.54) is 44.4 Å². The van der Waals surface area contributed by atoms with Crippen LogP contribution in [0.5, 0.6) is 11.5 Å². The van der Waals surface area contributed by atoms with Crippen LogP contribution >= 0.6 is 11.6 Å². The molecule has 0 saturated heterocycles. The topological polar surface area (TPSA) is 105 Å². The van der Waals surface area contributed by atoms with Gasteiger partial charge in [-0.05, 0) is 54.4 Å². The van der Waals surface area contributed by atoms with E-state index in [0.717, 1.165) is 15.4 Å². The van der Waals surface area contributed by atoms with Crippen LogP contribution in [0.15, 0.2) is 102 Å². The summed E-state index contributed by atoms with van der Waals surface area (Å²) in [6.07, 6.45) is 0.202. The van der Waals surface area contributed by atoms with Crippen LogP contribution in [-0.2, 0) is 32.6 Å². The molecule has 2 amide bonds. The van der Waals surface area contributed by atoms with Crippen LogP contribution in [0.4, 0.5) is 5.69 Å². The Hall–Kier alpha value is -4.54. The van der Waals surface area contributed by atoms with Crippen molar-refractivity contribution in [3.8, 4) is 11.5 Å². The van der Waals surface area contributed by atoms with Gasteiger partial charge in [-0.25, -0.2) is 8.42 Å². The Morgan fingerprint density at radius 1 is 0.844 bits per heavy atom. The van der Waals surface area contributed by atoms with Gasteiger partial charge in [0.2, 0.25) is 11.8 Å². The predicted molar refractivity (Wildman–Crippen MR) is 175 cm³/mol. The monoisotopic (exact) mass is 649 g/mol.